The summed E-state index contributed by atoms with van der Waals surface area (Å²) >= 11 is 0. The van der Waals surface area contributed by atoms with Crippen LogP contribution < -0.4 is 0 Å². The molecule has 31 heavy (non-hydrogen) atoms. The number of rotatable bonds is 8. The summed E-state index contributed by atoms with van der Waals surface area (Å²) in [4.78, 5) is 12.8. The lowest BCUT2D eigenvalue weighted by Gasteiger charge is -2.45. The van der Waals surface area contributed by atoms with Gasteiger partial charge in [-0.3, -0.25) is 0 Å². The summed E-state index contributed by atoms with van der Waals surface area (Å²) in [5.41, 5.74) is 0.527. The van der Waals surface area contributed by atoms with Gasteiger partial charge in [-0.2, -0.15) is 0 Å². The fraction of sp³-hybridized carbons (Fsp3) is 0.640. The van der Waals surface area contributed by atoms with Crippen LogP contribution in [0.3, 0.4) is 0 Å². The number of hydrogen-bond donors (Lipinski definition) is 0. The number of carbonyl (C=O) groups is 1. The van der Waals surface area contributed by atoms with Crippen LogP contribution in [0.25, 0.3) is 0 Å². The highest BCUT2D eigenvalue weighted by Crippen LogP contribution is 2.38. The van der Waals surface area contributed by atoms with Gasteiger partial charge in [-0.25, -0.2) is 4.79 Å². The van der Waals surface area contributed by atoms with Crippen LogP contribution in [0.4, 0.5) is 0 Å². The molecule has 0 amide bonds. The maximum Gasteiger partial charge on any atom is 0.338 e. The van der Waals surface area contributed by atoms with Gasteiger partial charge in [0.2, 0.25) is 0 Å². The molecule has 5 atom stereocenters. The molecule has 0 bridgehead atoms. The molecule has 0 spiro atoms. The van der Waals surface area contributed by atoms with Crippen molar-refractivity contribution in [1.29, 1.82) is 0 Å². The Kier molecular flexibility index (Phi) is 8.90. The van der Waals surface area contributed by atoms with Crippen LogP contribution in [0.15, 0.2) is 30.3 Å². The highest BCUT2D eigenvalue weighted by Gasteiger charge is 2.46. The van der Waals surface area contributed by atoms with Gasteiger partial charge in [-0.15, -0.1) is 12.3 Å². The third-order valence-electron chi connectivity index (χ3n) is 6.65. The Morgan fingerprint density at radius 3 is 2.39 bits per heavy atom. The molecule has 0 radical (unpaired) electrons. The van der Waals surface area contributed by atoms with Crippen LogP contribution in [0.1, 0.15) is 51.4 Å². The van der Waals surface area contributed by atoms with Crippen molar-refractivity contribution in [3.05, 3.63) is 35.9 Å². The van der Waals surface area contributed by atoms with Gasteiger partial charge in [0, 0.05) is 18.3 Å². The first-order valence-corrected chi connectivity index (χ1v) is 14.0. The number of carbonyl (C=O) groups excluding carboxylic acids is 1. The molecular formula is C25H38O5Si. The van der Waals surface area contributed by atoms with E-state index in [0.717, 1.165) is 0 Å². The van der Waals surface area contributed by atoms with Gasteiger partial charge in [0.15, 0.2) is 14.6 Å². The Hall–Kier alpha value is -1.65. The average Bonchev–Trinajstić information content (AvgIpc) is 2.72. The minimum absolute atomic E-state index is 0.0327. The zero-order valence-corrected chi connectivity index (χ0v) is 21.0. The lowest BCUT2D eigenvalue weighted by Crippen LogP contribution is -2.55. The third kappa shape index (κ3) is 6.66. The molecule has 172 valence electrons. The van der Waals surface area contributed by atoms with E-state index in [1.165, 1.54) is 0 Å². The zero-order valence-electron chi connectivity index (χ0n) is 20.0. The molecule has 0 aromatic heterocycles. The second-order valence-electron chi connectivity index (χ2n) is 9.89. The van der Waals surface area contributed by atoms with Gasteiger partial charge in [-0.05, 0) is 30.3 Å². The first kappa shape index (κ1) is 25.6. The van der Waals surface area contributed by atoms with E-state index in [9.17, 15) is 4.79 Å². The smallest absolute Gasteiger partial charge is 0.338 e. The van der Waals surface area contributed by atoms with E-state index >= 15 is 0 Å². The predicted octanol–water partition coefficient (Wildman–Crippen LogP) is 5.27. The Morgan fingerprint density at radius 2 is 1.81 bits per heavy atom. The molecule has 0 unspecified atom stereocenters. The first-order valence-electron chi connectivity index (χ1n) is 11.1. The second-order valence-corrected chi connectivity index (χ2v) is 14.7. The lowest BCUT2D eigenvalue weighted by molar-refractivity contribution is -0.266. The molecule has 1 aromatic carbocycles. The number of esters is 1. The van der Waals surface area contributed by atoms with Crippen molar-refractivity contribution >= 4 is 14.3 Å². The van der Waals surface area contributed by atoms with Gasteiger partial charge in [0.1, 0.15) is 12.2 Å². The molecule has 5 nitrogen and oxygen atoms in total. The number of benzene rings is 1. The number of terminal acetylenes is 1. The summed E-state index contributed by atoms with van der Waals surface area (Å²) in [6.07, 6.45) is 4.63. The standard InChI is InChI=1S/C25H38O5Si/c1-9-10-16-27-24-19(3)18(2)22(30-23(26)20-14-12-11-13-15-20)21(29-24)17-28-31(7,8)25(4,5)6/h1,11-15,18-19,21-22,24H,10,16-17H2,2-8H3/t18-,19-,21-,22-,24-/m1/s1. The fourth-order valence-electron chi connectivity index (χ4n) is 3.27. The maximum absolute atomic E-state index is 12.8. The van der Waals surface area contributed by atoms with Crippen molar-refractivity contribution in [2.45, 2.75) is 77.7 Å². The molecule has 0 N–H and O–H groups in total. The van der Waals surface area contributed by atoms with E-state index in [4.69, 9.17) is 25.1 Å². The van der Waals surface area contributed by atoms with E-state index in [2.05, 4.69) is 53.6 Å². The normalized spacial score (nSPS) is 26.8. The summed E-state index contributed by atoms with van der Waals surface area (Å²) in [5, 5.41) is 0.0689. The van der Waals surface area contributed by atoms with E-state index < -0.39 is 26.8 Å². The van der Waals surface area contributed by atoms with Gasteiger partial charge >= 0.3 is 5.97 Å². The molecular weight excluding hydrogens is 408 g/mol. The number of hydrogen-bond acceptors (Lipinski definition) is 5. The summed E-state index contributed by atoms with van der Waals surface area (Å²) in [7, 11) is -2.00. The summed E-state index contributed by atoms with van der Waals surface area (Å²) in [6, 6.07) is 9.04. The van der Waals surface area contributed by atoms with Gasteiger partial charge in [0.05, 0.1) is 18.8 Å². The predicted molar refractivity (Wildman–Crippen MR) is 125 cm³/mol. The topological polar surface area (TPSA) is 54.0 Å². The highest BCUT2D eigenvalue weighted by molar-refractivity contribution is 6.74. The van der Waals surface area contributed by atoms with Crippen LogP contribution >= 0.6 is 0 Å². The van der Waals surface area contributed by atoms with Crippen molar-refractivity contribution in [3.8, 4) is 12.3 Å². The molecule has 1 aromatic rings. The zero-order chi connectivity index (χ0) is 23.2. The summed E-state index contributed by atoms with van der Waals surface area (Å²) < 4.78 is 24.7. The quantitative estimate of drug-likeness (QED) is 0.236. The molecule has 0 saturated carbocycles. The van der Waals surface area contributed by atoms with Gasteiger partial charge in [-0.1, -0.05) is 52.8 Å². The number of ether oxygens (including phenoxy) is 3. The molecule has 0 aliphatic carbocycles. The van der Waals surface area contributed by atoms with E-state index in [-0.39, 0.29) is 22.8 Å². The van der Waals surface area contributed by atoms with Crippen LogP contribution in [0.5, 0.6) is 0 Å². The Balaban J connectivity index is 2.20. The van der Waals surface area contributed by atoms with E-state index in [1.54, 1.807) is 12.1 Å². The average molecular weight is 447 g/mol. The second kappa shape index (κ2) is 10.8. The molecule has 1 aliphatic rings. The Bertz CT molecular complexity index is 749. The fourth-order valence-corrected chi connectivity index (χ4v) is 4.29. The van der Waals surface area contributed by atoms with E-state index in [1.807, 2.05) is 18.2 Å². The first-order chi connectivity index (χ1) is 14.5. The minimum Gasteiger partial charge on any atom is -0.456 e. The maximum atomic E-state index is 12.8. The molecule has 6 heteroatoms. The summed E-state index contributed by atoms with van der Waals surface area (Å²) in [5.74, 6) is 2.31. The SMILES string of the molecule is C#CCCO[C@@H]1O[C@H](CO[Si](C)(C)C(C)(C)C)[C@H](OC(=O)c2ccccc2)[C@H](C)[C@H]1C. The largest absolute Gasteiger partial charge is 0.456 e. The van der Waals surface area contributed by atoms with Crippen LogP contribution in [0, 0.1) is 24.2 Å². The molecule has 1 fully saturated rings. The molecule has 2 rings (SSSR count). The Labute approximate surface area is 188 Å². The van der Waals surface area contributed by atoms with Gasteiger partial charge in [0.25, 0.3) is 0 Å². The van der Waals surface area contributed by atoms with Crippen molar-refractivity contribution < 1.29 is 23.4 Å². The van der Waals surface area contributed by atoms with Gasteiger partial charge < -0.3 is 18.6 Å². The van der Waals surface area contributed by atoms with E-state index in [0.29, 0.717) is 25.2 Å². The van der Waals surface area contributed by atoms with Crippen molar-refractivity contribution in [2.24, 2.45) is 11.8 Å². The monoisotopic (exact) mass is 446 g/mol. The van der Waals surface area contributed by atoms with Crippen LogP contribution in [-0.2, 0) is 18.6 Å². The highest BCUT2D eigenvalue weighted by atomic mass is 28.4. The lowest BCUT2D eigenvalue weighted by atomic mass is 9.84. The molecule has 1 aliphatic heterocycles. The van der Waals surface area contributed by atoms with Crippen LogP contribution in [0.2, 0.25) is 18.1 Å². The third-order valence-corrected chi connectivity index (χ3v) is 11.1. The molecule has 1 saturated heterocycles. The Morgan fingerprint density at radius 1 is 1.16 bits per heavy atom. The van der Waals surface area contributed by atoms with Crippen molar-refractivity contribution in [2.75, 3.05) is 13.2 Å². The minimum atomic E-state index is -2.00. The molecule has 1 heterocycles. The van der Waals surface area contributed by atoms with Crippen LogP contribution in [-0.4, -0.2) is 46.0 Å². The van der Waals surface area contributed by atoms with Crippen molar-refractivity contribution in [3.63, 3.8) is 0 Å². The van der Waals surface area contributed by atoms with Crippen molar-refractivity contribution in [1.82, 2.24) is 0 Å². The summed E-state index contributed by atoms with van der Waals surface area (Å²) in [6.45, 7) is 15.9.